The topological polar surface area (TPSA) is 90.7 Å². The van der Waals surface area contributed by atoms with E-state index in [0.717, 1.165) is 49.7 Å². The smallest absolute Gasteiger partial charge is 0.324 e. The third kappa shape index (κ3) is 8.16. The molecule has 8 rings (SSSR count). The Balaban J connectivity index is 0.000000183. The van der Waals surface area contributed by atoms with Crippen LogP contribution in [0.1, 0.15) is 73.6 Å². The van der Waals surface area contributed by atoms with Gasteiger partial charge in [0, 0.05) is 90.8 Å². The van der Waals surface area contributed by atoms with E-state index in [4.69, 9.17) is 0 Å². The number of likely N-dealkylation sites (tertiary alicyclic amines) is 2. The summed E-state index contributed by atoms with van der Waals surface area (Å²) in [4.78, 5) is 42.2. The van der Waals surface area contributed by atoms with Gasteiger partial charge in [0.15, 0.2) is 0 Å². The van der Waals surface area contributed by atoms with E-state index in [1.807, 2.05) is 38.9 Å². The van der Waals surface area contributed by atoms with Gasteiger partial charge in [-0.25, -0.2) is 4.79 Å². The van der Waals surface area contributed by atoms with Gasteiger partial charge in [-0.15, -0.1) is 6.58 Å². The van der Waals surface area contributed by atoms with E-state index >= 15 is 0 Å². The zero-order valence-electron chi connectivity index (χ0n) is 33.8. The van der Waals surface area contributed by atoms with Gasteiger partial charge in [0.25, 0.3) is 0 Å². The van der Waals surface area contributed by atoms with Crippen LogP contribution in [0.5, 0.6) is 0 Å². The minimum Gasteiger partial charge on any atom is -0.361 e. The number of benzene rings is 2. The second kappa shape index (κ2) is 17.7. The lowest BCUT2D eigenvalue weighted by atomic mass is 9.72. The number of fused-ring (bicyclic) bond motifs is 4. The molecule has 10 heteroatoms. The molecule has 0 radical (unpaired) electrons. The number of carbonyl (C=O) groups is 2. The summed E-state index contributed by atoms with van der Waals surface area (Å²) >= 11 is 2.01. The lowest BCUT2D eigenvalue weighted by molar-refractivity contribution is -0.135. The molecule has 6 atom stereocenters. The minimum atomic E-state index is -0.280. The number of imide groups is 1. The Labute approximate surface area is 332 Å². The number of rotatable bonds is 12. The van der Waals surface area contributed by atoms with Crippen LogP contribution in [0.3, 0.4) is 0 Å². The number of amides is 3. The Morgan fingerprint density at radius 2 is 1.55 bits per heavy atom. The van der Waals surface area contributed by atoms with Gasteiger partial charge in [-0.05, 0) is 125 Å². The van der Waals surface area contributed by atoms with Crippen LogP contribution in [0.4, 0.5) is 4.79 Å². The number of thioether (sulfide) groups is 1. The fraction of sp³-hybridized carbons (Fsp3) is 0.556. The van der Waals surface area contributed by atoms with Crippen molar-refractivity contribution in [2.24, 2.45) is 11.8 Å². The van der Waals surface area contributed by atoms with Crippen LogP contribution in [-0.2, 0) is 17.6 Å². The van der Waals surface area contributed by atoms with Crippen molar-refractivity contribution in [3.8, 4) is 0 Å². The number of aromatic nitrogens is 2. The number of nitrogens with zero attached hydrogens (tertiary/aromatic N) is 4. The molecule has 0 unspecified atom stereocenters. The van der Waals surface area contributed by atoms with Crippen LogP contribution in [0.25, 0.3) is 21.8 Å². The zero-order valence-corrected chi connectivity index (χ0v) is 34.6. The lowest BCUT2D eigenvalue weighted by Crippen LogP contribution is -2.55. The Morgan fingerprint density at radius 1 is 0.909 bits per heavy atom. The minimum absolute atomic E-state index is 0.0562. The SMILES string of the molecule is C=CCN1C[C@H](C(=O)N(CCCN(C)C)C(=O)NCC)C[C@@H]2c3cccc4[nH]cc(c34)C[C@H]21.CCCN1C[C@H](CSC)C[C@@H]2c3cccc4[nH]cc(c34)C[C@H]21. The van der Waals surface area contributed by atoms with Crippen molar-refractivity contribution in [1.29, 1.82) is 0 Å². The fourth-order valence-electron chi connectivity index (χ4n) is 10.5. The van der Waals surface area contributed by atoms with Crippen molar-refractivity contribution in [3.05, 3.63) is 83.7 Å². The third-order valence-corrected chi connectivity index (χ3v) is 13.5. The largest absolute Gasteiger partial charge is 0.361 e. The highest BCUT2D eigenvalue weighted by Crippen LogP contribution is 2.46. The molecule has 2 aliphatic heterocycles. The summed E-state index contributed by atoms with van der Waals surface area (Å²) in [7, 11) is 4.01. The standard InChI is InChI=1S/C26H37N5O2.C19H26N2S/c1-5-11-30-17-19(25(32)31(26(33)27-6-2)13-8-12-29(3)4)14-21-20-9-7-10-22-24(20)18(16-28-22)15-23(21)30;1-3-7-21-11-13(12-22-2)8-16-15-5-4-6-17-19(15)14(10-20-17)9-18(16)21/h5,7,9-10,16,19,21,23,28H,1,6,8,11-15,17H2,2-4H3,(H,27,33);4-6,10,13,16,18,20H,3,7-9,11-12H2,1-2H3/t19-,21-,23-;13-,16-,18-/m11/s1. The Hall–Kier alpha value is -3.57. The molecule has 2 aliphatic carbocycles. The van der Waals surface area contributed by atoms with Gasteiger partial charge < -0.3 is 20.2 Å². The Kier molecular flexibility index (Phi) is 12.8. The van der Waals surface area contributed by atoms with Crippen molar-refractivity contribution >= 4 is 45.5 Å². The Bertz CT molecular complexity index is 1950. The number of carbonyl (C=O) groups excluding carboxylic acids is 2. The maximum atomic E-state index is 13.7. The first-order chi connectivity index (χ1) is 26.8. The van der Waals surface area contributed by atoms with E-state index in [1.165, 1.54) is 76.0 Å². The molecule has 4 heterocycles. The highest BCUT2D eigenvalue weighted by atomic mass is 32.2. The number of aromatic amines is 2. The Morgan fingerprint density at radius 3 is 2.13 bits per heavy atom. The van der Waals surface area contributed by atoms with Crippen LogP contribution in [-0.4, -0.2) is 126 Å². The molecule has 55 heavy (non-hydrogen) atoms. The summed E-state index contributed by atoms with van der Waals surface area (Å²) < 4.78 is 0. The van der Waals surface area contributed by atoms with Crippen molar-refractivity contribution in [1.82, 2.24) is 34.9 Å². The van der Waals surface area contributed by atoms with Gasteiger partial charge in [-0.1, -0.05) is 37.3 Å². The van der Waals surface area contributed by atoms with E-state index < -0.39 is 0 Å². The summed E-state index contributed by atoms with van der Waals surface area (Å²) in [6.45, 7) is 13.9. The quantitative estimate of drug-likeness (QED) is 0.130. The number of hydrogen-bond acceptors (Lipinski definition) is 6. The average Bonchev–Trinajstić information content (AvgIpc) is 3.80. The molecule has 2 aromatic carbocycles. The monoisotopic (exact) mass is 765 g/mol. The lowest BCUT2D eigenvalue weighted by Gasteiger charge is -2.47. The van der Waals surface area contributed by atoms with Crippen molar-refractivity contribution in [2.45, 2.75) is 76.3 Å². The molecule has 4 aliphatic rings. The molecule has 2 saturated heterocycles. The summed E-state index contributed by atoms with van der Waals surface area (Å²) in [5.74, 6) is 2.86. The van der Waals surface area contributed by atoms with Gasteiger partial charge in [0.2, 0.25) is 5.91 Å². The van der Waals surface area contributed by atoms with Crippen LogP contribution >= 0.6 is 11.8 Å². The summed E-state index contributed by atoms with van der Waals surface area (Å²) in [5.41, 5.74) is 8.32. The van der Waals surface area contributed by atoms with Crippen molar-refractivity contribution < 1.29 is 9.59 Å². The van der Waals surface area contributed by atoms with Gasteiger partial charge in [-0.3, -0.25) is 19.5 Å². The van der Waals surface area contributed by atoms with Crippen LogP contribution in [0.2, 0.25) is 0 Å². The highest BCUT2D eigenvalue weighted by Gasteiger charge is 2.44. The number of piperidine rings is 2. The average molecular weight is 766 g/mol. The fourth-order valence-corrected chi connectivity index (χ4v) is 11.2. The third-order valence-electron chi connectivity index (χ3n) is 12.7. The number of nitrogens with one attached hydrogen (secondary N) is 3. The number of H-pyrrole nitrogens is 2. The first-order valence-electron chi connectivity index (χ1n) is 20.8. The number of hydrogen-bond donors (Lipinski definition) is 3. The molecule has 3 N–H and O–H groups in total. The van der Waals surface area contributed by atoms with Gasteiger partial charge in [-0.2, -0.15) is 11.8 Å². The van der Waals surface area contributed by atoms with E-state index in [2.05, 4.69) is 98.5 Å². The highest BCUT2D eigenvalue weighted by molar-refractivity contribution is 7.98. The molecule has 0 saturated carbocycles. The molecule has 2 aromatic heterocycles. The maximum Gasteiger partial charge on any atom is 0.324 e. The predicted octanol–water partition coefficient (Wildman–Crippen LogP) is 7.47. The summed E-state index contributed by atoms with van der Waals surface area (Å²) in [5, 5.41) is 5.69. The van der Waals surface area contributed by atoms with Crippen molar-refractivity contribution in [2.75, 3.05) is 71.9 Å². The van der Waals surface area contributed by atoms with Gasteiger partial charge in [0.05, 0.1) is 5.92 Å². The zero-order chi connectivity index (χ0) is 38.6. The molecule has 0 bridgehead atoms. The summed E-state index contributed by atoms with van der Waals surface area (Å²) in [6.07, 6.45) is 14.9. The van der Waals surface area contributed by atoms with E-state index in [0.29, 0.717) is 31.7 Å². The first kappa shape index (κ1) is 39.7. The number of urea groups is 1. The summed E-state index contributed by atoms with van der Waals surface area (Å²) in [6, 6.07) is 14.1. The van der Waals surface area contributed by atoms with E-state index in [-0.39, 0.29) is 23.8 Å². The van der Waals surface area contributed by atoms with Crippen LogP contribution in [0.15, 0.2) is 61.4 Å². The molecule has 9 nitrogen and oxygen atoms in total. The molecular formula is C45H63N7O2S. The van der Waals surface area contributed by atoms with Crippen LogP contribution in [0, 0.1) is 11.8 Å². The normalized spacial score (nSPS) is 24.5. The maximum absolute atomic E-state index is 13.7. The molecular weight excluding hydrogens is 703 g/mol. The first-order valence-corrected chi connectivity index (χ1v) is 22.1. The molecule has 3 amide bonds. The van der Waals surface area contributed by atoms with Crippen molar-refractivity contribution in [3.63, 3.8) is 0 Å². The molecule has 4 aromatic rings. The molecule has 0 spiro atoms. The second-order valence-corrected chi connectivity index (χ2v) is 17.5. The molecule has 296 valence electrons. The van der Waals surface area contributed by atoms with Gasteiger partial charge in [0.1, 0.15) is 0 Å². The predicted molar refractivity (Wildman–Crippen MR) is 229 cm³/mol. The van der Waals surface area contributed by atoms with Crippen LogP contribution < -0.4 is 5.32 Å². The van der Waals surface area contributed by atoms with Gasteiger partial charge >= 0.3 is 6.03 Å². The second-order valence-electron chi connectivity index (χ2n) is 16.6. The van der Waals surface area contributed by atoms with E-state index in [1.54, 1.807) is 5.56 Å². The molecule has 2 fully saturated rings. The van der Waals surface area contributed by atoms with E-state index in [9.17, 15) is 9.59 Å².